The molecule has 1 saturated heterocycles. The first-order valence-corrected chi connectivity index (χ1v) is 12.0. The summed E-state index contributed by atoms with van der Waals surface area (Å²) in [7, 11) is -3.71. The van der Waals surface area contributed by atoms with Crippen LogP contribution in [0, 0.1) is 12.8 Å². The fourth-order valence-corrected chi connectivity index (χ4v) is 5.67. The van der Waals surface area contributed by atoms with Crippen molar-refractivity contribution in [3.05, 3.63) is 71.8 Å². The van der Waals surface area contributed by atoms with E-state index in [9.17, 15) is 13.2 Å². The molecule has 6 nitrogen and oxygen atoms in total. The van der Waals surface area contributed by atoms with E-state index < -0.39 is 10.0 Å². The molecule has 0 spiro atoms. The fourth-order valence-electron chi connectivity index (χ4n) is 4.08. The molecule has 0 saturated carbocycles. The minimum absolute atomic E-state index is 0.106. The van der Waals surface area contributed by atoms with E-state index in [-0.39, 0.29) is 22.8 Å². The van der Waals surface area contributed by atoms with Gasteiger partial charge >= 0.3 is 0 Å². The molecule has 1 heterocycles. The summed E-state index contributed by atoms with van der Waals surface area (Å²) in [5.41, 5.74) is 2.05. The summed E-state index contributed by atoms with van der Waals surface area (Å²) >= 11 is 0. The van der Waals surface area contributed by atoms with Crippen LogP contribution in [0.2, 0.25) is 0 Å². The zero-order valence-electron chi connectivity index (χ0n) is 17.7. The van der Waals surface area contributed by atoms with Gasteiger partial charge in [-0.05, 0) is 56.1 Å². The minimum atomic E-state index is -3.71. The molecule has 3 N–H and O–H groups in total. The van der Waals surface area contributed by atoms with Crippen LogP contribution < -0.4 is 15.4 Å². The molecule has 0 aliphatic carbocycles. The quantitative estimate of drug-likeness (QED) is 0.568. The van der Waals surface area contributed by atoms with Crippen molar-refractivity contribution < 1.29 is 13.2 Å². The lowest BCUT2D eigenvalue weighted by Crippen LogP contribution is -2.48. The second-order valence-electron chi connectivity index (χ2n) is 8.12. The molecule has 2 atom stereocenters. The number of amides is 1. The van der Waals surface area contributed by atoms with Gasteiger partial charge in [0.1, 0.15) is 0 Å². The van der Waals surface area contributed by atoms with Crippen molar-refractivity contribution in [2.75, 3.05) is 18.4 Å². The van der Waals surface area contributed by atoms with Gasteiger partial charge in [0.15, 0.2) is 0 Å². The molecule has 3 aromatic carbocycles. The van der Waals surface area contributed by atoms with Gasteiger partial charge in [-0.2, -0.15) is 0 Å². The number of aryl methyl sites for hydroxylation is 1. The Labute approximate surface area is 183 Å². The molecule has 1 aliphatic heterocycles. The zero-order chi connectivity index (χ0) is 22.0. The Kier molecular flexibility index (Phi) is 6.09. The molecule has 4 rings (SSSR count). The predicted octanol–water partition coefficient (Wildman–Crippen LogP) is 3.68. The number of hydrogen-bond donors (Lipinski definition) is 3. The van der Waals surface area contributed by atoms with E-state index in [0.29, 0.717) is 22.0 Å². The van der Waals surface area contributed by atoms with Gasteiger partial charge in [0.05, 0.1) is 4.90 Å². The molecule has 1 aliphatic rings. The van der Waals surface area contributed by atoms with E-state index in [1.807, 2.05) is 44.2 Å². The van der Waals surface area contributed by atoms with Crippen molar-refractivity contribution >= 4 is 32.4 Å². The Morgan fingerprint density at radius 1 is 1.00 bits per heavy atom. The molecule has 1 fully saturated rings. The van der Waals surface area contributed by atoms with E-state index in [1.54, 1.807) is 30.3 Å². The Morgan fingerprint density at radius 2 is 1.71 bits per heavy atom. The number of carbonyl (C=O) groups is 1. The summed E-state index contributed by atoms with van der Waals surface area (Å²) in [6.07, 6.45) is 0.753. The van der Waals surface area contributed by atoms with Gasteiger partial charge in [0.25, 0.3) is 5.91 Å². The summed E-state index contributed by atoms with van der Waals surface area (Å²) in [5, 5.41) is 7.50. The predicted molar refractivity (Wildman–Crippen MR) is 124 cm³/mol. The molecule has 1 amide bonds. The average molecular weight is 438 g/mol. The summed E-state index contributed by atoms with van der Waals surface area (Å²) in [4.78, 5) is 13.0. The maximum atomic E-state index is 13.2. The molecule has 0 radical (unpaired) electrons. The third-order valence-corrected chi connectivity index (χ3v) is 7.45. The molecule has 3 aromatic rings. The summed E-state index contributed by atoms with van der Waals surface area (Å²) in [5.74, 6) is -0.0111. The topological polar surface area (TPSA) is 87.3 Å². The Morgan fingerprint density at radius 3 is 2.45 bits per heavy atom. The molecule has 0 bridgehead atoms. The van der Waals surface area contributed by atoms with Crippen molar-refractivity contribution in [2.45, 2.75) is 31.2 Å². The van der Waals surface area contributed by atoms with Gasteiger partial charge in [-0.1, -0.05) is 49.4 Å². The average Bonchev–Trinajstić information content (AvgIpc) is 2.75. The molecule has 1 unspecified atom stereocenters. The number of sulfonamides is 1. The normalized spacial score (nSPS) is 19.3. The van der Waals surface area contributed by atoms with E-state index in [4.69, 9.17) is 0 Å². The SMILES string of the molecule is Cc1ccccc1C(=O)Nc1ccc(S(=O)(=O)N[C@@H]2CCNCC2C)c2ccccc12. The number of fused-ring (bicyclic) bond motifs is 1. The number of carbonyl (C=O) groups excluding carboxylic acids is 1. The Balaban J connectivity index is 1.68. The fraction of sp³-hybridized carbons (Fsp3) is 0.292. The van der Waals surface area contributed by atoms with Gasteiger partial charge < -0.3 is 10.6 Å². The van der Waals surface area contributed by atoms with Gasteiger partial charge in [0, 0.05) is 28.1 Å². The third-order valence-electron chi connectivity index (χ3n) is 5.90. The highest BCUT2D eigenvalue weighted by Crippen LogP contribution is 2.30. The van der Waals surface area contributed by atoms with Crippen molar-refractivity contribution in [1.29, 1.82) is 0 Å². The van der Waals surface area contributed by atoms with Crippen LogP contribution in [-0.2, 0) is 10.0 Å². The number of benzene rings is 3. The van der Waals surface area contributed by atoms with Gasteiger partial charge in [-0.3, -0.25) is 4.79 Å². The van der Waals surface area contributed by atoms with E-state index in [2.05, 4.69) is 15.4 Å². The summed E-state index contributed by atoms with van der Waals surface area (Å²) in [6, 6.07) is 17.8. The maximum Gasteiger partial charge on any atom is 0.255 e. The first-order chi connectivity index (χ1) is 14.9. The molecular weight excluding hydrogens is 410 g/mol. The van der Waals surface area contributed by atoms with Gasteiger partial charge in [0.2, 0.25) is 10.0 Å². The first-order valence-electron chi connectivity index (χ1n) is 10.5. The molecule has 162 valence electrons. The number of hydrogen-bond acceptors (Lipinski definition) is 4. The van der Waals surface area contributed by atoms with Crippen LogP contribution >= 0.6 is 0 Å². The van der Waals surface area contributed by atoms with E-state index >= 15 is 0 Å². The van der Waals surface area contributed by atoms with Gasteiger partial charge in [-0.25, -0.2) is 13.1 Å². The lowest BCUT2D eigenvalue weighted by atomic mass is 9.97. The van der Waals surface area contributed by atoms with Gasteiger partial charge in [-0.15, -0.1) is 0 Å². The van der Waals surface area contributed by atoms with Crippen LogP contribution in [-0.4, -0.2) is 33.5 Å². The molecule has 0 aromatic heterocycles. The second-order valence-corrected chi connectivity index (χ2v) is 9.81. The number of piperidine rings is 1. The van der Waals surface area contributed by atoms with Crippen LogP contribution in [0.15, 0.2) is 65.6 Å². The van der Waals surface area contributed by atoms with Crippen LogP contribution in [0.3, 0.4) is 0 Å². The highest BCUT2D eigenvalue weighted by molar-refractivity contribution is 7.89. The minimum Gasteiger partial charge on any atom is -0.321 e. The van der Waals surface area contributed by atoms with Crippen LogP contribution in [0.5, 0.6) is 0 Å². The van der Waals surface area contributed by atoms with Crippen LogP contribution in [0.4, 0.5) is 5.69 Å². The number of rotatable bonds is 5. The monoisotopic (exact) mass is 437 g/mol. The number of nitrogens with one attached hydrogen (secondary N) is 3. The van der Waals surface area contributed by atoms with E-state index in [0.717, 1.165) is 25.1 Å². The van der Waals surface area contributed by atoms with Crippen molar-refractivity contribution in [1.82, 2.24) is 10.0 Å². The summed E-state index contributed by atoms with van der Waals surface area (Å²) < 4.78 is 29.4. The van der Waals surface area contributed by atoms with Crippen molar-refractivity contribution in [2.24, 2.45) is 5.92 Å². The van der Waals surface area contributed by atoms with Crippen molar-refractivity contribution in [3.8, 4) is 0 Å². The first kappa shape index (κ1) is 21.5. The highest BCUT2D eigenvalue weighted by atomic mass is 32.2. The Hall–Kier alpha value is -2.74. The molecule has 31 heavy (non-hydrogen) atoms. The third kappa shape index (κ3) is 4.49. The maximum absolute atomic E-state index is 13.2. The molecular formula is C24H27N3O3S. The van der Waals surface area contributed by atoms with Crippen LogP contribution in [0.1, 0.15) is 29.3 Å². The standard InChI is InChI=1S/C24H27N3O3S/c1-16-7-3-4-8-18(16)24(28)26-22-11-12-23(20-10-6-5-9-19(20)22)31(29,30)27-21-13-14-25-15-17(21)2/h3-12,17,21,25,27H,13-15H2,1-2H3,(H,26,28)/t17?,21-/m1/s1. The lowest BCUT2D eigenvalue weighted by molar-refractivity contribution is 0.102. The zero-order valence-corrected chi connectivity index (χ0v) is 18.5. The lowest BCUT2D eigenvalue weighted by Gasteiger charge is -2.30. The Bertz CT molecular complexity index is 1220. The highest BCUT2D eigenvalue weighted by Gasteiger charge is 2.28. The second kappa shape index (κ2) is 8.78. The van der Waals surface area contributed by atoms with Crippen LogP contribution in [0.25, 0.3) is 10.8 Å². The molecule has 7 heteroatoms. The smallest absolute Gasteiger partial charge is 0.255 e. The van der Waals surface area contributed by atoms with E-state index in [1.165, 1.54) is 0 Å². The van der Waals surface area contributed by atoms with Crippen molar-refractivity contribution in [3.63, 3.8) is 0 Å². The summed E-state index contributed by atoms with van der Waals surface area (Å²) in [6.45, 7) is 5.51. The largest absolute Gasteiger partial charge is 0.321 e. The number of anilines is 1.